The normalized spacial score (nSPS) is 27.4. The standard InChI is InChI=1S/C12H14BrNO2/c1-12(3-2-4-14-12)8-5-9(13)11-10(6-8)15-7-16-11/h5-6,14H,2-4,7H2,1H3. The maximum atomic E-state index is 5.44. The summed E-state index contributed by atoms with van der Waals surface area (Å²) >= 11 is 3.54. The molecule has 3 nitrogen and oxygen atoms in total. The number of hydrogen-bond acceptors (Lipinski definition) is 3. The zero-order valence-corrected chi connectivity index (χ0v) is 10.8. The molecule has 2 aliphatic rings. The lowest BCUT2D eigenvalue weighted by atomic mass is 9.90. The Bertz CT molecular complexity index is 427. The van der Waals surface area contributed by atoms with E-state index in [2.05, 4.69) is 40.3 Å². The van der Waals surface area contributed by atoms with Gasteiger partial charge in [0.25, 0.3) is 0 Å². The monoisotopic (exact) mass is 283 g/mol. The Kier molecular flexibility index (Phi) is 2.37. The maximum absolute atomic E-state index is 5.44. The van der Waals surface area contributed by atoms with E-state index in [0.29, 0.717) is 6.79 Å². The molecule has 3 rings (SSSR count). The first-order chi connectivity index (χ1) is 7.69. The van der Waals surface area contributed by atoms with Gasteiger partial charge in [0.15, 0.2) is 11.5 Å². The van der Waals surface area contributed by atoms with Gasteiger partial charge in [-0.1, -0.05) is 0 Å². The van der Waals surface area contributed by atoms with E-state index < -0.39 is 0 Å². The summed E-state index contributed by atoms with van der Waals surface area (Å²) in [5.41, 5.74) is 1.34. The zero-order chi connectivity index (χ0) is 11.2. The van der Waals surface area contributed by atoms with Gasteiger partial charge in [0, 0.05) is 5.54 Å². The lowest BCUT2D eigenvalue weighted by Crippen LogP contribution is -2.33. The van der Waals surface area contributed by atoms with Crippen LogP contribution >= 0.6 is 15.9 Å². The van der Waals surface area contributed by atoms with E-state index >= 15 is 0 Å². The highest BCUT2D eigenvalue weighted by molar-refractivity contribution is 9.10. The molecular formula is C12H14BrNO2. The highest BCUT2D eigenvalue weighted by Crippen LogP contribution is 2.43. The largest absolute Gasteiger partial charge is 0.454 e. The third kappa shape index (κ3) is 1.52. The van der Waals surface area contributed by atoms with Crippen molar-refractivity contribution in [3.05, 3.63) is 22.2 Å². The second kappa shape index (κ2) is 3.64. The number of fused-ring (bicyclic) bond motifs is 1. The highest BCUT2D eigenvalue weighted by Gasteiger charge is 2.32. The molecule has 1 atom stereocenters. The minimum absolute atomic E-state index is 0.0729. The average molecular weight is 284 g/mol. The van der Waals surface area contributed by atoms with E-state index in [4.69, 9.17) is 9.47 Å². The van der Waals surface area contributed by atoms with Gasteiger partial charge < -0.3 is 14.8 Å². The molecule has 0 aliphatic carbocycles. The van der Waals surface area contributed by atoms with Crippen LogP contribution in [0.25, 0.3) is 0 Å². The molecule has 1 aromatic rings. The van der Waals surface area contributed by atoms with Crippen molar-refractivity contribution in [1.29, 1.82) is 0 Å². The zero-order valence-electron chi connectivity index (χ0n) is 9.18. The van der Waals surface area contributed by atoms with Crippen molar-refractivity contribution in [2.45, 2.75) is 25.3 Å². The molecule has 0 aromatic heterocycles. The van der Waals surface area contributed by atoms with Gasteiger partial charge in [-0.05, 0) is 59.9 Å². The van der Waals surface area contributed by atoms with Crippen LogP contribution in [0.5, 0.6) is 11.5 Å². The highest BCUT2D eigenvalue weighted by atomic mass is 79.9. The molecule has 4 heteroatoms. The van der Waals surface area contributed by atoms with Crippen molar-refractivity contribution in [3.8, 4) is 11.5 Å². The second-order valence-electron chi connectivity index (χ2n) is 4.55. The van der Waals surface area contributed by atoms with E-state index in [1.807, 2.05) is 0 Å². The fourth-order valence-corrected chi connectivity index (χ4v) is 2.98. The first-order valence-corrected chi connectivity index (χ1v) is 6.33. The van der Waals surface area contributed by atoms with E-state index in [0.717, 1.165) is 22.5 Å². The van der Waals surface area contributed by atoms with Gasteiger partial charge in [-0.15, -0.1) is 0 Å². The van der Waals surface area contributed by atoms with Crippen LogP contribution in [0.4, 0.5) is 0 Å². The van der Waals surface area contributed by atoms with E-state index in [9.17, 15) is 0 Å². The quantitative estimate of drug-likeness (QED) is 0.860. The molecule has 2 heterocycles. The first-order valence-electron chi connectivity index (χ1n) is 5.54. The van der Waals surface area contributed by atoms with Crippen molar-refractivity contribution in [2.24, 2.45) is 0 Å². The van der Waals surface area contributed by atoms with Crippen LogP contribution in [0.3, 0.4) is 0 Å². The Morgan fingerprint density at radius 2 is 2.25 bits per heavy atom. The summed E-state index contributed by atoms with van der Waals surface area (Å²) in [6.45, 7) is 3.65. The Hall–Kier alpha value is -0.740. The topological polar surface area (TPSA) is 30.5 Å². The molecule has 0 amide bonds. The molecule has 0 saturated carbocycles. The lowest BCUT2D eigenvalue weighted by molar-refractivity contribution is 0.173. The molecule has 0 bridgehead atoms. The SMILES string of the molecule is CC1(c2cc(Br)c3c(c2)OCO3)CCCN1. The van der Waals surface area contributed by atoms with Crippen LogP contribution in [0.15, 0.2) is 16.6 Å². The minimum Gasteiger partial charge on any atom is -0.454 e. The first kappa shape index (κ1) is 10.4. The maximum Gasteiger partial charge on any atom is 0.231 e. The molecule has 1 N–H and O–H groups in total. The van der Waals surface area contributed by atoms with Crippen LogP contribution < -0.4 is 14.8 Å². The number of hydrogen-bond donors (Lipinski definition) is 1. The fourth-order valence-electron chi connectivity index (χ4n) is 2.43. The number of benzene rings is 1. The van der Waals surface area contributed by atoms with Crippen molar-refractivity contribution >= 4 is 15.9 Å². The van der Waals surface area contributed by atoms with Crippen LogP contribution in [-0.2, 0) is 5.54 Å². The third-order valence-electron chi connectivity index (χ3n) is 3.43. The predicted molar refractivity (Wildman–Crippen MR) is 64.9 cm³/mol. The van der Waals surface area contributed by atoms with Crippen molar-refractivity contribution in [2.75, 3.05) is 13.3 Å². The fraction of sp³-hybridized carbons (Fsp3) is 0.500. The molecular weight excluding hydrogens is 270 g/mol. The van der Waals surface area contributed by atoms with Gasteiger partial charge >= 0.3 is 0 Å². The van der Waals surface area contributed by atoms with Gasteiger partial charge in [-0.25, -0.2) is 0 Å². The molecule has 1 aromatic carbocycles. The average Bonchev–Trinajstić information content (AvgIpc) is 2.86. The Balaban J connectivity index is 2.05. The summed E-state index contributed by atoms with van der Waals surface area (Å²) in [6, 6.07) is 4.22. The van der Waals surface area contributed by atoms with Crippen LogP contribution in [-0.4, -0.2) is 13.3 Å². The molecule has 0 spiro atoms. The third-order valence-corrected chi connectivity index (χ3v) is 4.02. The van der Waals surface area contributed by atoms with Crippen LogP contribution in [0, 0.1) is 0 Å². The summed E-state index contributed by atoms with van der Waals surface area (Å²) in [6.07, 6.45) is 2.39. The number of ether oxygens (including phenoxy) is 2. The summed E-state index contributed by atoms with van der Waals surface area (Å²) < 4.78 is 11.8. The summed E-state index contributed by atoms with van der Waals surface area (Å²) in [5, 5.41) is 3.55. The molecule has 1 unspecified atom stereocenters. The van der Waals surface area contributed by atoms with Gasteiger partial charge in [0.05, 0.1) is 4.47 Å². The van der Waals surface area contributed by atoms with E-state index in [1.54, 1.807) is 0 Å². The second-order valence-corrected chi connectivity index (χ2v) is 5.41. The minimum atomic E-state index is 0.0729. The summed E-state index contributed by atoms with van der Waals surface area (Å²) in [4.78, 5) is 0. The summed E-state index contributed by atoms with van der Waals surface area (Å²) in [7, 11) is 0. The number of nitrogens with one attached hydrogen (secondary N) is 1. The lowest BCUT2D eigenvalue weighted by Gasteiger charge is -2.25. The predicted octanol–water partition coefficient (Wildman–Crippen LogP) is 2.78. The molecule has 86 valence electrons. The Morgan fingerprint density at radius 3 is 3.00 bits per heavy atom. The van der Waals surface area contributed by atoms with Gasteiger partial charge in [-0.3, -0.25) is 0 Å². The van der Waals surface area contributed by atoms with Crippen LogP contribution in [0.2, 0.25) is 0 Å². The molecule has 1 saturated heterocycles. The molecule has 16 heavy (non-hydrogen) atoms. The van der Waals surface area contributed by atoms with E-state index in [1.165, 1.54) is 18.4 Å². The van der Waals surface area contributed by atoms with Crippen molar-refractivity contribution in [1.82, 2.24) is 5.32 Å². The summed E-state index contributed by atoms with van der Waals surface area (Å²) in [5.74, 6) is 1.67. The smallest absolute Gasteiger partial charge is 0.231 e. The van der Waals surface area contributed by atoms with E-state index in [-0.39, 0.29) is 5.54 Å². The van der Waals surface area contributed by atoms with Gasteiger partial charge in [0.1, 0.15) is 0 Å². The van der Waals surface area contributed by atoms with Crippen molar-refractivity contribution < 1.29 is 9.47 Å². The van der Waals surface area contributed by atoms with Gasteiger partial charge in [0.2, 0.25) is 6.79 Å². The Morgan fingerprint density at radius 1 is 1.38 bits per heavy atom. The molecule has 2 aliphatic heterocycles. The van der Waals surface area contributed by atoms with Crippen LogP contribution in [0.1, 0.15) is 25.3 Å². The van der Waals surface area contributed by atoms with Gasteiger partial charge in [-0.2, -0.15) is 0 Å². The number of rotatable bonds is 1. The number of halogens is 1. The molecule has 0 radical (unpaired) electrons. The Labute approximate surface area is 103 Å². The molecule has 1 fully saturated rings. The van der Waals surface area contributed by atoms with Crippen molar-refractivity contribution in [3.63, 3.8) is 0 Å².